The number of aliphatic hydroxyl groups excluding tert-OH is 1. The molecule has 0 saturated carbocycles. The van der Waals surface area contributed by atoms with Crippen molar-refractivity contribution in [1.82, 2.24) is 0 Å². The largest absolute Gasteiger partial charge is 0.386 e. The van der Waals surface area contributed by atoms with E-state index in [0.29, 0.717) is 0 Å². The van der Waals surface area contributed by atoms with E-state index in [4.69, 9.17) is 18.9 Å². The number of aliphatic hydroxyl groups is 1. The summed E-state index contributed by atoms with van der Waals surface area (Å²) in [5.74, 6) is -1.51. The van der Waals surface area contributed by atoms with E-state index in [0.717, 1.165) is 0 Å². The van der Waals surface area contributed by atoms with Gasteiger partial charge in [-0.25, -0.2) is 0 Å². The molecule has 0 amide bonds. The Morgan fingerprint density at radius 2 is 1.50 bits per heavy atom. The van der Waals surface area contributed by atoms with Crippen LogP contribution in [0.5, 0.6) is 0 Å². The third-order valence-electron chi connectivity index (χ3n) is 3.46. The monoisotopic (exact) mass is 284 g/mol. The van der Waals surface area contributed by atoms with Crippen LogP contribution in [0, 0.1) is 0 Å². The van der Waals surface area contributed by atoms with Gasteiger partial charge in [0.2, 0.25) is 0 Å². The molecule has 2 aliphatic heterocycles. The summed E-state index contributed by atoms with van der Waals surface area (Å²) in [6, 6.07) is 0. The molecule has 114 valence electrons. The van der Waals surface area contributed by atoms with Crippen molar-refractivity contribution in [2.45, 2.75) is 69.8 Å². The highest BCUT2D eigenvalue weighted by Crippen LogP contribution is 2.39. The Morgan fingerprint density at radius 3 is 2.05 bits per heavy atom. The lowest BCUT2D eigenvalue weighted by molar-refractivity contribution is -0.175. The first-order valence-corrected chi connectivity index (χ1v) is 6.83. The molecule has 0 aromatic carbocycles. The van der Waals surface area contributed by atoms with Crippen molar-refractivity contribution >= 4 is 0 Å². The van der Waals surface area contributed by atoms with E-state index in [1.165, 1.54) is 6.08 Å². The van der Waals surface area contributed by atoms with Gasteiger partial charge in [-0.15, -0.1) is 13.2 Å². The van der Waals surface area contributed by atoms with Crippen LogP contribution >= 0.6 is 0 Å². The zero-order valence-corrected chi connectivity index (χ0v) is 12.5. The minimum Gasteiger partial charge on any atom is -0.386 e. The van der Waals surface area contributed by atoms with E-state index < -0.39 is 29.9 Å². The predicted molar refractivity (Wildman–Crippen MR) is 74.1 cm³/mol. The minimum atomic E-state index is -0.834. The highest BCUT2D eigenvalue weighted by atomic mass is 16.8. The first kappa shape index (κ1) is 15.7. The normalized spacial score (nSPS) is 40.5. The molecule has 2 saturated heterocycles. The van der Waals surface area contributed by atoms with Crippen molar-refractivity contribution < 1.29 is 24.1 Å². The summed E-state index contributed by atoms with van der Waals surface area (Å²) in [5, 5.41) is 10.1. The Bertz CT molecular complexity index is 390. The molecule has 5 heteroatoms. The molecule has 2 aliphatic rings. The molecular formula is C15H24O5. The summed E-state index contributed by atoms with van der Waals surface area (Å²) in [5.41, 5.74) is 0. The summed E-state index contributed by atoms with van der Waals surface area (Å²) in [6.07, 6.45) is 0.586. The Morgan fingerprint density at radius 1 is 0.950 bits per heavy atom. The zero-order valence-electron chi connectivity index (χ0n) is 12.5. The van der Waals surface area contributed by atoms with E-state index >= 15 is 0 Å². The Hall–Kier alpha value is -0.720. The average molecular weight is 284 g/mol. The lowest BCUT2D eigenvalue weighted by Gasteiger charge is -2.26. The van der Waals surface area contributed by atoms with Crippen LogP contribution in [0.3, 0.4) is 0 Å². The fourth-order valence-electron chi connectivity index (χ4n) is 2.72. The minimum absolute atomic E-state index is 0.313. The van der Waals surface area contributed by atoms with Gasteiger partial charge in [0.15, 0.2) is 11.6 Å². The van der Waals surface area contributed by atoms with E-state index in [9.17, 15) is 5.11 Å². The Labute approximate surface area is 120 Å². The first-order valence-electron chi connectivity index (χ1n) is 6.83. The van der Waals surface area contributed by atoms with Gasteiger partial charge in [0, 0.05) is 0 Å². The number of hydrogen-bond donors (Lipinski definition) is 1. The molecule has 20 heavy (non-hydrogen) atoms. The molecule has 0 aliphatic carbocycles. The SMILES string of the molecule is C=C[C@@H](O)[C@H]1OC(C)(C)O[C@H]1[C@@H]1OC(C)(C)O[C@H]1C=C. The maximum absolute atomic E-state index is 10.1. The van der Waals surface area contributed by atoms with E-state index in [1.54, 1.807) is 19.9 Å². The Balaban J connectivity index is 2.24. The summed E-state index contributed by atoms with van der Waals surface area (Å²) in [7, 11) is 0. The van der Waals surface area contributed by atoms with Gasteiger partial charge in [-0.05, 0) is 27.7 Å². The lowest BCUT2D eigenvalue weighted by atomic mass is 9.99. The summed E-state index contributed by atoms with van der Waals surface area (Å²) in [6.45, 7) is 14.7. The molecule has 0 aromatic rings. The molecule has 2 heterocycles. The maximum Gasteiger partial charge on any atom is 0.164 e. The fourth-order valence-corrected chi connectivity index (χ4v) is 2.72. The van der Waals surface area contributed by atoms with Gasteiger partial charge in [0.25, 0.3) is 0 Å². The van der Waals surface area contributed by atoms with Gasteiger partial charge >= 0.3 is 0 Å². The molecule has 0 spiro atoms. The summed E-state index contributed by atoms with van der Waals surface area (Å²) < 4.78 is 23.4. The van der Waals surface area contributed by atoms with Crippen molar-refractivity contribution in [3.8, 4) is 0 Å². The zero-order chi connectivity index (χ0) is 15.1. The van der Waals surface area contributed by atoms with Gasteiger partial charge in [-0.2, -0.15) is 0 Å². The molecule has 0 radical (unpaired) electrons. The van der Waals surface area contributed by atoms with Crippen molar-refractivity contribution in [2.24, 2.45) is 0 Å². The standard InChI is InChI=1S/C15H24O5/c1-7-9(16)11-13(20-15(5,6)18-11)12-10(8-2)17-14(3,4)19-12/h7-13,16H,1-2H2,3-6H3/t9-,10+,11-,12-,13-/m1/s1. The molecule has 0 bridgehead atoms. The van der Waals surface area contributed by atoms with Crippen LogP contribution in [0.25, 0.3) is 0 Å². The van der Waals surface area contributed by atoms with Crippen LogP contribution in [-0.2, 0) is 18.9 Å². The lowest BCUT2D eigenvalue weighted by Crippen LogP contribution is -2.45. The third-order valence-corrected chi connectivity index (χ3v) is 3.46. The number of ether oxygens (including phenoxy) is 4. The van der Waals surface area contributed by atoms with Crippen LogP contribution in [0.15, 0.2) is 25.3 Å². The van der Waals surface area contributed by atoms with Crippen molar-refractivity contribution in [2.75, 3.05) is 0 Å². The number of hydrogen-bond acceptors (Lipinski definition) is 5. The molecule has 2 fully saturated rings. The second kappa shape index (κ2) is 5.24. The topological polar surface area (TPSA) is 57.2 Å². The van der Waals surface area contributed by atoms with Crippen LogP contribution in [0.2, 0.25) is 0 Å². The summed E-state index contributed by atoms with van der Waals surface area (Å²) in [4.78, 5) is 0. The van der Waals surface area contributed by atoms with Gasteiger partial charge in [0.1, 0.15) is 30.5 Å². The average Bonchev–Trinajstić information content (AvgIpc) is 2.84. The predicted octanol–water partition coefficient (Wildman–Crippen LogP) is 1.76. The van der Waals surface area contributed by atoms with E-state index in [1.807, 2.05) is 13.8 Å². The van der Waals surface area contributed by atoms with Crippen LogP contribution < -0.4 is 0 Å². The van der Waals surface area contributed by atoms with Gasteiger partial charge in [-0.3, -0.25) is 0 Å². The van der Waals surface area contributed by atoms with E-state index in [-0.39, 0.29) is 12.2 Å². The molecule has 1 N–H and O–H groups in total. The summed E-state index contributed by atoms with van der Waals surface area (Å²) >= 11 is 0. The van der Waals surface area contributed by atoms with Gasteiger partial charge in [-0.1, -0.05) is 12.2 Å². The fraction of sp³-hybridized carbons (Fsp3) is 0.733. The maximum atomic E-state index is 10.1. The Kier molecular flexibility index (Phi) is 4.10. The molecule has 5 atom stereocenters. The van der Waals surface area contributed by atoms with Gasteiger partial charge < -0.3 is 24.1 Å². The quantitative estimate of drug-likeness (QED) is 0.797. The van der Waals surface area contributed by atoms with Gasteiger partial charge in [0.05, 0.1) is 0 Å². The van der Waals surface area contributed by atoms with Crippen molar-refractivity contribution in [1.29, 1.82) is 0 Å². The second-order valence-electron chi connectivity index (χ2n) is 6.09. The third kappa shape index (κ3) is 2.97. The molecule has 2 rings (SSSR count). The molecular weight excluding hydrogens is 260 g/mol. The smallest absolute Gasteiger partial charge is 0.164 e. The molecule has 5 nitrogen and oxygen atoms in total. The van der Waals surface area contributed by atoms with Crippen molar-refractivity contribution in [3.63, 3.8) is 0 Å². The molecule has 0 aromatic heterocycles. The van der Waals surface area contributed by atoms with Crippen molar-refractivity contribution in [3.05, 3.63) is 25.3 Å². The van der Waals surface area contributed by atoms with E-state index in [2.05, 4.69) is 13.2 Å². The molecule has 0 unspecified atom stereocenters. The second-order valence-corrected chi connectivity index (χ2v) is 6.09. The van der Waals surface area contributed by atoms with Crippen LogP contribution in [0.4, 0.5) is 0 Å². The highest BCUT2D eigenvalue weighted by molar-refractivity contribution is 5.04. The van der Waals surface area contributed by atoms with Crippen LogP contribution in [0.1, 0.15) is 27.7 Å². The number of rotatable bonds is 4. The highest BCUT2D eigenvalue weighted by Gasteiger charge is 2.54. The first-order chi connectivity index (χ1) is 9.19. The van der Waals surface area contributed by atoms with Crippen LogP contribution in [-0.4, -0.2) is 47.2 Å².